The van der Waals surface area contributed by atoms with Crippen LogP contribution in [0.1, 0.15) is 21.9 Å². The Morgan fingerprint density at radius 1 is 1.08 bits per heavy atom. The second kappa shape index (κ2) is 6.76. The number of pyridine rings is 2. The molecule has 4 rings (SSSR count). The number of fused-ring (bicyclic) bond motifs is 1. The molecule has 0 saturated heterocycles. The van der Waals surface area contributed by atoms with Gasteiger partial charge in [0.15, 0.2) is 0 Å². The van der Waals surface area contributed by atoms with Gasteiger partial charge in [0.25, 0.3) is 5.91 Å². The van der Waals surface area contributed by atoms with E-state index in [0.29, 0.717) is 12.2 Å². The Balaban J connectivity index is 1.49. The topological polar surface area (TPSA) is 72.7 Å². The molecule has 4 aromatic rings. The normalized spacial score (nSPS) is 10.8. The highest BCUT2D eigenvalue weighted by Gasteiger charge is 2.09. The molecule has 1 aromatic carbocycles. The fourth-order valence-corrected chi connectivity index (χ4v) is 2.79. The number of carbonyl (C=O) groups is 1. The average Bonchev–Trinajstić information content (AvgIpc) is 3.12. The predicted octanol–water partition coefficient (Wildman–Crippen LogP) is 3.05. The number of carbonyl (C=O) groups excluding carboxylic acids is 1. The van der Waals surface area contributed by atoms with Gasteiger partial charge in [0.2, 0.25) is 0 Å². The third-order valence-electron chi connectivity index (χ3n) is 4.17. The van der Waals surface area contributed by atoms with E-state index in [4.69, 9.17) is 0 Å². The lowest BCUT2D eigenvalue weighted by Gasteiger charge is -2.08. The summed E-state index contributed by atoms with van der Waals surface area (Å²) in [6, 6.07) is 15.2. The van der Waals surface area contributed by atoms with Gasteiger partial charge in [0.05, 0.1) is 5.52 Å². The van der Waals surface area contributed by atoms with Gasteiger partial charge in [-0.15, -0.1) is 0 Å². The predicted molar refractivity (Wildman–Crippen MR) is 99.0 cm³/mol. The molecular weight excluding hydrogens is 326 g/mol. The van der Waals surface area contributed by atoms with E-state index in [1.807, 2.05) is 60.2 Å². The van der Waals surface area contributed by atoms with Crippen LogP contribution in [-0.4, -0.2) is 25.4 Å². The van der Waals surface area contributed by atoms with E-state index in [0.717, 1.165) is 28.1 Å². The highest BCUT2D eigenvalue weighted by Crippen LogP contribution is 2.12. The molecule has 1 amide bonds. The Kier molecular flexibility index (Phi) is 4.15. The molecular formula is C20H17N5O. The summed E-state index contributed by atoms with van der Waals surface area (Å²) in [6.07, 6.45) is 5.32. The second-order valence-electron chi connectivity index (χ2n) is 5.94. The fourth-order valence-electron chi connectivity index (χ4n) is 2.79. The zero-order valence-corrected chi connectivity index (χ0v) is 14.3. The van der Waals surface area contributed by atoms with Gasteiger partial charge in [-0.25, -0.2) is 15.0 Å². The number of imidazole rings is 1. The number of nitrogens with one attached hydrogen (secondary N) is 1. The third kappa shape index (κ3) is 3.17. The van der Waals surface area contributed by atoms with Crippen LogP contribution in [0.2, 0.25) is 0 Å². The number of benzene rings is 1. The van der Waals surface area contributed by atoms with Gasteiger partial charge in [0, 0.05) is 30.5 Å². The van der Waals surface area contributed by atoms with Crippen molar-refractivity contribution in [2.45, 2.75) is 13.5 Å². The summed E-state index contributed by atoms with van der Waals surface area (Å²) in [7, 11) is 0. The lowest BCUT2D eigenvalue weighted by atomic mass is 10.2. The Labute approximate surface area is 150 Å². The van der Waals surface area contributed by atoms with Crippen LogP contribution in [0.25, 0.3) is 16.7 Å². The zero-order valence-electron chi connectivity index (χ0n) is 14.3. The number of para-hydroxylation sites is 1. The van der Waals surface area contributed by atoms with Crippen molar-refractivity contribution in [1.82, 2.24) is 24.8 Å². The summed E-state index contributed by atoms with van der Waals surface area (Å²) in [5, 5.41) is 3.93. The second-order valence-corrected chi connectivity index (χ2v) is 5.94. The van der Waals surface area contributed by atoms with E-state index in [9.17, 15) is 4.79 Å². The van der Waals surface area contributed by atoms with E-state index in [2.05, 4.69) is 20.3 Å². The minimum absolute atomic E-state index is 0.201. The molecule has 0 spiro atoms. The van der Waals surface area contributed by atoms with Gasteiger partial charge in [0.1, 0.15) is 17.3 Å². The molecule has 0 unspecified atom stereocenters. The van der Waals surface area contributed by atoms with Crippen LogP contribution in [0.4, 0.5) is 0 Å². The van der Waals surface area contributed by atoms with E-state index in [1.165, 1.54) is 0 Å². The number of aromatic nitrogens is 4. The van der Waals surface area contributed by atoms with Crippen molar-refractivity contribution in [3.05, 3.63) is 84.2 Å². The van der Waals surface area contributed by atoms with E-state index < -0.39 is 0 Å². The van der Waals surface area contributed by atoms with E-state index in [1.54, 1.807) is 18.5 Å². The van der Waals surface area contributed by atoms with Crippen LogP contribution in [0.5, 0.6) is 0 Å². The molecule has 26 heavy (non-hydrogen) atoms. The van der Waals surface area contributed by atoms with Crippen molar-refractivity contribution in [1.29, 1.82) is 0 Å². The van der Waals surface area contributed by atoms with Crippen molar-refractivity contribution in [3.8, 4) is 5.82 Å². The smallest absolute Gasteiger partial charge is 0.270 e. The Bertz CT molecular complexity index is 1090. The maximum Gasteiger partial charge on any atom is 0.270 e. The standard InChI is InChI=1S/C20H17N5O/c1-14-21-10-11-25(14)19-12-15(8-9-22-19)13-23-20(26)18-7-6-16-4-2-3-5-17(16)24-18/h2-12H,13H2,1H3,(H,23,26). The van der Waals surface area contributed by atoms with Crippen LogP contribution < -0.4 is 5.32 Å². The van der Waals surface area contributed by atoms with Crippen LogP contribution in [0.15, 0.2) is 67.1 Å². The van der Waals surface area contributed by atoms with Crippen molar-refractivity contribution in [2.24, 2.45) is 0 Å². The van der Waals surface area contributed by atoms with Crippen molar-refractivity contribution >= 4 is 16.8 Å². The summed E-state index contributed by atoms with van der Waals surface area (Å²) in [6.45, 7) is 2.32. The SMILES string of the molecule is Cc1nccn1-c1cc(CNC(=O)c2ccc3ccccc3n2)ccn1. The quantitative estimate of drug-likeness (QED) is 0.618. The first-order valence-electron chi connectivity index (χ1n) is 8.30. The number of aryl methyl sites for hydroxylation is 1. The molecule has 128 valence electrons. The summed E-state index contributed by atoms with van der Waals surface area (Å²) in [4.78, 5) is 25.4. The van der Waals surface area contributed by atoms with Crippen LogP contribution in [0.3, 0.4) is 0 Å². The molecule has 6 nitrogen and oxygen atoms in total. The summed E-state index contributed by atoms with van der Waals surface area (Å²) >= 11 is 0. The lowest BCUT2D eigenvalue weighted by Crippen LogP contribution is -2.23. The van der Waals surface area contributed by atoms with Gasteiger partial charge >= 0.3 is 0 Å². The lowest BCUT2D eigenvalue weighted by molar-refractivity contribution is 0.0946. The molecule has 0 atom stereocenters. The van der Waals surface area contributed by atoms with Crippen LogP contribution >= 0.6 is 0 Å². The Hall–Kier alpha value is -3.54. The number of amides is 1. The average molecular weight is 343 g/mol. The highest BCUT2D eigenvalue weighted by molar-refractivity contribution is 5.94. The summed E-state index contributed by atoms with van der Waals surface area (Å²) in [5.74, 6) is 1.43. The highest BCUT2D eigenvalue weighted by atomic mass is 16.1. The largest absolute Gasteiger partial charge is 0.347 e. The molecule has 0 radical (unpaired) electrons. The monoisotopic (exact) mass is 343 g/mol. The molecule has 1 N–H and O–H groups in total. The first-order valence-corrected chi connectivity index (χ1v) is 8.30. The zero-order chi connectivity index (χ0) is 17.9. The fraction of sp³-hybridized carbons (Fsp3) is 0.100. The molecule has 0 bridgehead atoms. The first-order chi connectivity index (χ1) is 12.7. The third-order valence-corrected chi connectivity index (χ3v) is 4.17. The maximum atomic E-state index is 12.4. The van der Waals surface area contributed by atoms with Crippen molar-refractivity contribution in [3.63, 3.8) is 0 Å². The van der Waals surface area contributed by atoms with Gasteiger partial charge in [-0.3, -0.25) is 9.36 Å². The molecule has 3 heterocycles. The Morgan fingerprint density at radius 2 is 1.96 bits per heavy atom. The van der Waals surface area contributed by atoms with E-state index in [-0.39, 0.29) is 5.91 Å². The first kappa shape index (κ1) is 16.0. The van der Waals surface area contributed by atoms with Crippen LogP contribution in [-0.2, 0) is 6.54 Å². The van der Waals surface area contributed by atoms with Gasteiger partial charge < -0.3 is 5.32 Å². The molecule has 0 saturated carbocycles. The summed E-state index contributed by atoms with van der Waals surface area (Å²) in [5.41, 5.74) is 2.17. The molecule has 3 aromatic heterocycles. The molecule has 6 heteroatoms. The number of nitrogens with zero attached hydrogens (tertiary/aromatic N) is 4. The van der Waals surface area contributed by atoms with Crippen molar-refractivity contribution < 1.29 is 4.79 Å². The molecule has 0 aliphatic heterocycles. The van der Waals surface area contributed by atoms with Crippen LogP contribution in [0, 0.1) is 6.92 Å². The maximum absolute atomic E-state index is 12.4. The number of hydrogen-bond donors (Lipinski definition) is 1. The molecule has 0 fully saturated rings. The number of rotatable bonds is 4. The Morgan fingerprint density at radius 3 is 2.81 bits per heavy atom. The summed E-state index contributed by atoms with van der Waals surface area (Å²) < 4.78 is 1.90. The number of hydrogen-bond acceptors (Lipinski definition) is 4. The van der Waals surface area contributed by atoms with E-state index >= 15 is 0 Å². The van der Waals surface area contributed by atoms with Gasteiger partial charge in [-0.05, 0) is 36.8 Å². The van der Waals surface area contributed by atoms with Gasteiger partial charge in [-0.2, -0.15) is 0 Å². The minimum Gasteiger partial charge on any atom is -0.347 e. The molecule has 0 aliphatic carbocycles. The molecule has 0 aliphatic rings. The minimum atomic E-state index is -0.201. The van der Waals surface area contributed by atoms with Crippen molar-refractivity contribution in [2.75, 3.05) is 0 Å². The van der Waals surface area contributed by atoms with Gasteiger partial charge in [-0.1, -0.05) is 24.3 Å².